The number of carboxylic acid groups (broad SMARTS) is 1. The molecule has 2 aromatic rings. The molecule has 0 saturated carbocycles. The highest BCUT2D eigenvalue weighted by Crippen LogP contribution is 2.19. The van der Waals surface area contributed by atoms with E-state index in [1.54, 1.807) is 6.20 Å². The number of thiol groups is 1. The lowest BCUT2D eigenvalue weighted by molar-refractivity contribution is -0.142. The zero-order chi connectivity index (χ0) is 25.3. The SMILES string of the molecule is CSCCC(NC(=O)C(CS)NC(=O)C(C)N)C(=O)NC(Cc1c[nH]c2ccccc12)C(=O)O. The zero-order valence-corrected chi connectivity index (χ0v) is 20.7. The summed E-state index contributed by atoms with van der Waals surface area (Å²) in [5.41, 5.74) is 7.15. The maximum Gasteiger partial charge on any atom is 0.326 e. The van der Waals surface area contributed by atoms with E-state index in [0.717, 1.165) is 16.5 Å². The molecule has 0 aliphatic rings. The Balaban J connectivity index is 2.12. The van der Waals surface area contributed by atoms with Gasteiger partial charge in [0.15, 0.2) is 0 Å². The minimum Gasteiger partial charge on any atom is -0.480 e. The Morgan fingerprint density at radius 3 is 2.29 bits per heavy atom. The number of carbonyl (C=O) groups excluding carboxylic acids is 3. The second-order valence-electron chi connectivity index (χ2n) is 7.84. The third kappa shape index (κ3) is 7.67. The summed E-state index contributed by atoms with van der Waals surface area (Å²) in [6.45, 7) is 1.48. The lowest BCUT2D eigenvalue weighted by atomic mass is 10.0. The van der Waals surface area contributed by atoms with Crippen LogP contribution >= 0.6 is 24.4 Å². The molecule has 1 aromatic carbocycles. The first-order valence-electron chi connectivity index (χ1n) is 10.7. The number of aliphatic carboxylic acids is 1. The topological polar surface area (TPSA) is 166 Å². The van der Waals surface area contributed by atoms with Gasteiger partial charge < -0.3 is 31.8 Å². The van der Waals surface area contributed by atoms with Gasteiger partial charge in [0.05, 0.1) is 6.04 Å². The maximum atomic E-state index is 13.0. The standard InChI is InChI=1S/C22H31N5O5S2/c1-12(23)19(28)27-18(11-33)21(30)25-16(7-8-34-2)20(29)26-17(22(31)32)9-13-10-24-15-6-4-3-5-14(13)15/h3-6,10,12,16-18,24,33H,7-9,11,23H2,1-2H3,(H,25,30)(H,26,29)(H,27,28)(H,31,32). The molecule has 0 aliphatic carbocycles. The van der Waals surface area contributed by atoms with Crippen molar-refractivity contribution in [3.63, 3.8) is 0 Å². The van der Waals surface area contributed by atoms with E-state index in [1.165, 1.54) is 18.7 Å². The molecule has 0 bridgehead atoms. The van der Waals surface area contributed by atoms with Gasteiger partial charge in [-0.15, -0.1) is 0 Å². The molecular weight excluding hydrogens is 478 g/mol. The van der Waals surface area contributed by atoms with E-state index in [-0.39, 0.29) is 18.6 Å². The van der Waals surface area contributed by atoms with Crippen LogP contribution in [0.5, 0.6) is 0 Å². The normalized spacial score (nSPS) is 14.6. The van der Waals surface area contributed by atoms with Crippen molar-refractivity contribution in [3.8, 4) is 0 Å². The van der Waals surface area contributed by atoms with Gasteiger partial charge in [0, 0.05) is 29.3 Å². The Morgan fingerprint density at radius 1 is 1.06 bits per heavy atom. The van der Waals surface area contributed by atoms with Crippen LogP contribution in [0.15, 0.2) is 30.5 Å². The molecule has 1 heterocycles. The molecule has 0 fully saturated rings. The minimum absolute atomic E-state index is 0.000521. The number of nitrogens with one attached hydrogen (secondary N) is 4. The summed E-state index contributed by atoms with van der Waals surface area (Å²) in [6, 6.07) is 3.48. The summed E-state index contributed by atoms with van der Waals surface area (Å²) in [7, 11) is 0. The lowest BCUT2D eigenvalue weighted by Crippen LogP contribution is -2.57. The maximum absolute atomic E-state index is 13.0. The molecule has 4 unspecified atom stereocenters. The summed E-state index contributed by atoms with van der Waals surface area (Å²) in [6.07, 6.45) is 3.92. The summed E-state index contributed by atoms with van der Waals surface area (Å²) in [4.78, 5) is 52.6. The molecular formula is C22H31N5O5S2. The van der Waals surface area contributed by atoms with Crippen LogP contribution in [0.25, 0.3) is 10.9 Å². The molecule has 12 heteroatoms. The number of aromatic nitrogens is 1. The fraction of sp³-hybridized carbons (Fsp3) is 0.455. The highest BCUT2D eigenvalue weighted by Gasteiger charge is 2.29. The van der Waals surface area contributed by atoms with Crippen LogP contribution < -0.4 is 21.7 Å². The highest BCUT2D eigenvalue weighted by molar-refractivity contribution is 7.98. The number of benzene rings is 1. The molecule has 0 spiro atoms. The second kappa shape index (κ2) is 13.3. The van der Waals surface area contributed by atoms with E-state index in [1.807, 2.05) is 30.5 Å². The Kier molecular flexibility index (Phi) is 10.7. The fourth-order valence-corrected chi connectivity index (χ4v) is 4.00. The number of carboxylic acids is 1. The van der Waals surface area contributed by atoms with Crippen LogP contribution in [0.1, 0.15) is 18.9 Å². The van der Waals surface area contributed by atoms with Crippen LogP contribution in [0.3, 0.4) is 0 Å². The smallest absolute Gasteiger partial charge is 0.326 e. The van der Waals surface area contributed by atoms with Gasteiger partial charge in [-0.3, -0.25) is 14.4 Å². The van der Waals surface area contributed by atoms with Crippen LogP contribution in [-0.2, 0) is 25.6 Å². The lowest BCUT2D eigenvalue weighted by Gasteiger charge is -2.24. The summed E-state index contributed by atoms with van der Waals surface area (Å²) in [5.74, 6) is -2.38. The van der Waals surface area contributed by atoms with Crippen molar-refractivity contribution in [3.05, 3.63) is 36.0 Å². The molecule has 3 amide bonds. The number of hydrogen-bond acceptors (Lipinski definition) is 7. The van der Waals surface area contributed by atoms with Crippen LogP contribution in [-0.4, -0.2) is 75.7 Å². The van der Waals surface area contributed by atoms with Gasteiger partial charge in [-0.2, -0.15) is 24.4 Å². The minimum atomic E-state index is -1.20. The van der Waals surface area contributed by atoms with Crippen LogP contribution in [0.2, 0.25) is 0 Å². The van der Waals surface area contributed by atoms with Crippen molar-refractivity contribution in [2.45, 2.75) is 43.9 Å². The Morgan fingerprint density at radius 2 is 1.68 bits per heavy atom. The predicted octanol–water partition coefficient (Wildman–Crippen LogP) is 0.280. The van der Waals surface area contributed by atoms with Gasteiger partial charge in [0.25, 0.3) is 0 Å². The number of hydrogen-bond donors (Lipinski definition) is 7. The highest BCUT2D eigenvalue weighted by atomic mass is 32.2. The van der Waals surface area contributed by atoms with E-state index in [9.17, 15) is 24.3 Å². The molecule has 4 atom stereocenters. The van der Waals surface area contributed by atoms with Gasteiger partial charge in [-0.05, 0) is 37.0 Å². The first-order valence-corrected chi connectivity index (χ1v) is 12.7. The summed E-state index contributed by atoms with van der Waals surface area (Å²) in [5, 5.41) is 18.2. The number of aromatic amines is 1. The molecule has 1 aromatic heterocycles. The molecule has 186 valence electrons. The first-order chi connectivity index (χ1) is 16.2. The van der Waals surface area contributed by atoms with E-state index >= 15 is 0 Å². The summed E-state index contributed by atoms with van der Waals surface area (Å²) < 4.78 is 0. The second-order valence-corrected chi connectivity index (χ2v) is 9.19. The Hall–Kier alpha value is -2.70. The molecule has 0 saturated heterocycles. The van der Waals surface area contributed by atoms with Crippen molar-refractivity contribution >= 4 is 59.0 Å². The number of H-pyrrole nitrogens is 1. The van der Waals surface area contributed by atoms with Gasteiger partial charge in [-0.1, -0.05) is 18.2 Å². The quantitative estimate of drug-likeness (QED) is 0.190. The van der Waals surface area contributed by atoms with Gasteiger partial charge in [0.2, 0.25) is 17.7 Å². The van der Waals surface area contributed by atoms with Gasteiger partial charge >= 0.3 is 5.97 Å². The van der Waals surface area contributed by atoms with Crippen molar-refractivity contribution in [2.75, 3.05) is 17.8 Å². The van der Waals surface area contributed by atoms with E-state index < -0.39 is 47.9 Å². The average molecular weight is 510 g/mol. The van der Waals surface area contributed by atoms with Crippen LogP contribution in [0.4, 0.5) is 0 Å². The summed E-state index contributed by atoms with van der Waals surface area (Å²) >= 11 is 5.58. The molecule has 10 nitrogen and oxygen atoms in total. The number of carbonyl (C=O) groups is 4. The molecule has 7 N–H and O–H groups in total. The molecule has 2 rings (SSSR count). The zero-order valence-electron chi connectivity index (χ0n) is 19.0. The molecule has 0 radical (unpaired) electrons. The number of thioether (sulfide) groups is 1. The fourth-order valence-electron chi connectivity index (χ4n) is 3.27. The third-order valence-electron chi connectivity index (χ3n) is 5.19. The van der Waals surface area contributed by atoms with Gasteiger partial charge in [-0.25, -0.2) is 4.79 Å². The van der Waals surface area contributed by atoms with E-state index in [4.69, 9.17) is 5.73 Å². The Labute approximate surface area is 207 Å². The number of para-hydroxylation sites is 1. The molecule has 0 aliphatic heterocycles. The number of nitrogens with two attached hydrogens (primary N) is 1. The monoisotopic (exact) mass is 509 g/mol. The third-order valence-corrected chi connectivity index (χ3v) is 6.20. The van der Waals surface area contributed by atoms with Gasteiger partial charge in [0.1, 0.15) is 18.1 Å². The van der Waals surface area contributed by atoms with Crippen LogP contribution in [0, 0.1) is 0 Å². The van der Waals surface area contributed by atoms with Crippen molar-refractivity contribution in [2.24, 2.45) is 5.73 Å². The number of amides is 3. The van der Waals surface area contributed by atoms with Crippen molar-refractivity contribution < 1.29 is 24.3 Å². The van der Waals surface area contributed by atoms with E-state index in [0.29, 0.717) is 5.75 Å². The number of rotatable bonds is 13. The number of fused-ring (bicyclic) bond motifs is 1. The predicted molar refractivity (Wildman–Crippen MR) is 136 cm³/mol. The van der Waals surface area contributed by atoms with Crippen molar-refractivity contribution in [1.82, 2.24) is 20.9 Å². The molecule has 34 heavy (non-hydrogen) atoms. The van der Waals surface area contributed by atoms with E-state index in [2.05, 4.69) is 33.6 Å². The van der Waals surface area contributed by atoms with Crippen molar-refractivity contribution in [1.29, 1.82) is 0 Å². The first kappa shape index (κ1) is 27.5. The average Bonchev–Trinajstić information content (AvgIpc) is 3.21. The Bertz CT molecular complexity index is 1010. The largest absolute Gasteiger partial charge is 0.480 e.